The quantitative estimate of drug-likeness (QED) is 0.221. The van der Waals surface area contributed by atoms with Crippen LogP contribution in [0, 0.1) is 6.07 Å². The van der Waals surface area contributed by atoms with Gasteiger partial charge in [0.15, 0.2) is 0 Å². The fourth-order valence-corrected chi connectivity index (χ4v) is 5.41. The van der Waals surface area contributed by atoms with Gasteiger partial charge >= 0.3 is 31.5 Å². The van der Waals surface area contributed by atoms with Gasteiger partial charge in [-0.05, 0) is 4.91 Å². The van der Waals surface area contributed by atoms with Crippen LogP contribution < -0.4 is 24.8 Å². The Bertz CT molecular complexity index is 1170. The molecular weight excluding hydrogens is 594 g/mol. The van der Waals surface area contributed by atoms with Crippen molar-refractivity contribution in [1.29, 1.82) is 0 Å². The fourth-order valence-electron chi connectivity index (χ4n) is 3.60. The number of alkyl halides is 1. The molecule has 0 aromatic heterocycles. The second-order valence-electron chi connectivity index (χ2n) is 6.38. The van der Waals surface area contributed by atoms with Gasteiger partial charge in [0.1, 0.15) is 0 Å². The Morgan fingerprint density at radius 2 is 1.50 bits per heavy atom. The van der Waals surface area contributed by atoms with E-state index in [0.717, 1.165) is 22.7 Å². The molecule has 0 saturated carbocycles. The summed E-state index contributed by atoms with van der Waals surface area (Å²) in [5.74, 6) is 0. The average molecular weight is 610 g/mol. The largest absolute Gasteiger partial charge is 0.126 e. The number of fused-ring (bicyclic) bond motifs is 6. The van der Waals surface area contributed by atoms with Crippen LogP contribution in [0.25, 0.3) is 33.2 Å². The molecule has 0 fully saturated rings. The third kappa shape index (κ3) is 5.29. The van der Waals surface area contributed by atoms with Crippen LogP contribution in [0.3, 0.4) is 0 Å². The summed E-state index contributed by atoms with van der Waals surface area (Å²) in [4.78, 5) is 1.37. The average Bonchev–Trinajstić information content (AvgIpc) is 3.40. The van der Waals surface area contributed by atoms with E-state index in [0.29, 0.717) is 4.16 Å². The summed E-state index contributed by atoms with van der Waals surface area (Å²) in [7, 11) is 4.17. The predicted octanol–water partition coefficient (Wildman–Crippen LogP) is 2.06. The van der Waals surface area contributed by atoms with Crippen molar-refractivity contribution in [2.24, 2.45) is 0 Å². The van der Waals surface area contributed by atoms with Crippen molar-refractivity contribution in [1.82, 2.24) is 0 Å². The Labute approximate surface area is 220 Å². The van der Waals surface area contributed by atoms with Gasteiger partial charge in [-0.3, -0.25) is 0 Å². The zero-order valence-electron chi connectivity index (χ0n) is 15.6. The van der Waals surface area contributed by atoms with E-state index in [2.05, 4.69) is 104 Å². The number of benzene rings is 3. The Hall–Kier alpha value is -0.477. The molecule has 30 heavy (non-hydrogen) atoms. The first kappa shape index (κ1) is 25.8. The molecule has 1 atom stereocenters. The molecule has 1 aliphatic carbocycles. The maximum Gasteiger partial charge on any atom is -0.0771 e. The van der Waals surface area contributed by atoms with E-state index >= 15 is 0 Å². The molecule has 4 aromatic rings. The maximum absolute atomic E-state index is 4.17. The summed E-state index contributed by atoms with van der Waals surface area (Å²) < 4.78 is 0.440. The fraction of sp³-hybridized carbons (Fsp3) is 0.0417. The van der Waals surface area contributed by atoms with Gasteiger partial charge < -0.3 is 24.8 Å². The van der Waals surface area contributed by atoms with E-state index in [1.807, 2.05) is 23.9 Å². The van der Waals surface area contributed by atoms with Crippen molar-refractivity contribution in [2.45, 2.75) is 4.16 Å². The minimum absolute atomic E-state index is 0. The summed E-state index contributed by atoms with van der Waals surface area (Å²) in [5, 5.41) is 5.39. The standard InChI is InChI=1S/C13H9.C11H6BrS.2ClH.S.Zr/c1-3-7-12-10(5-1)9-11-6-2-4-8-13(11)12;12-11-6-9-8-4-2-1-3-7(8)5-10(9)13-11;;;;/h1-9H;1-3,5-6,11H;2*1H;;/q2*-1;;;;+2/p-2. The number of allylic oxidation sites excluding steroid dienone is 1. The zero-order valence-corrected chi connectivity index (χ0v) is 22.8. The normalized spacial score (nSPS) is 15.2. The summed E-state index contributed by atoms with van der Waals surface area (Å²) in [6.07, 6.45) is 4.49. The SMILES string of the molecule is BrC1C=C2C(=Cc3ccc[c-]c32)S1.[Cl-].[Cl-].[S]=[Zr+2].c1ccc2c(c1)[cH-]c1ccccc12. The molecule has 2 aliphatic rings. The molecule has 0 bridgehead atoms. The molecule has 0 spiro atoms. The maximum atomic E-state index is 4.17. The number of halogens is 3. The Kier molecular flexibility index (Phi) is 10.3. The summed E-state index contributed by atoms with van der Waals surface area (Å²) in [6, 6.07) is 28.7. The third-order valence-electron chi connectivity index (χ3n) is 4.77. The molecule has 0 radical (unpaired) electrons. The summed E-state index contributed by atoms with van der Waals surface area (Å²) in [5.41, 5.74) is 3.91. The van der Waals surface area contributed by atoms with E-state index in [9.17, 15) is 0 Å². The van der Waals surface area contributed by atoms with Crippen LogP contribution in [-0.2, 0) is 22.7 Å². The van der Waals surface area contributed by atoms with E-state index in [-0.39, 0.29) is 24.8 Å². The molecule has 4 aromatic carbocycles. The second kappa shape index (κ2) is 11.9. The molecule has 1 heterocycles. The minimum atomic E-state index is 0. The smallest absolute Gasteiger partial charge is 0.0771 e. The van der Waals surface area contributed by atoms with Crippen LogP contribution in [0.4, 0.5) is 0 Å². The predicted molar refractivity (Wildman–Crippen MR) is 126 cm³/mol. The van der Waals surface area contributed by atoms with Gasteiger partial charge in [-0.1, -0.05) is 70.1 Å². The van der Waals surface area contributed by atoms with Crippen molar-refractivity contribution >= 4 is 69.7 Å². The number of thioether (sulfide) groups is 1. The van der Waals surface area contributed by atoms with Gasteiger partial charge in [0, 0.05) is 0 Å². The molecule has 1 unspecified atom stereocenters. The van der Waals surface area contributed by atoms with E-state index < -0.39 is 0 Å². The van der Waals surface area contributed by atoms with E-state index in [1.165, 1.54) is 43.2 Å². The number of hydrogen-bond acceptors (Lipinski definition) is 2. The molecule has 0 amide bonds. The van der Waals surface area contributed by atoms with Crippen LogP contribution in [0.5, 0.6) is 0 Å². The molecular formula is C24H15BrCl2S2Zr-2. The van der Waals surface area contributed by atoms with Gasteiger partial charge in [-0.15, -0.1) is 86.9 Å². The van der Waals surface area contributed by atoms with Crippen molar-refractivity contribution < 1.29 is 47.5 Å². The summed E-state index contributed by atoms with van der Waals surface area (Å²) in [6.45, 7) is 0. The van der Waals surface area contributed by atoms with Crippen LogP contribution in [0.2, 0.25) is 0 Å². The number of hydrogen-bond donors (Lipinski definition) is 0. The van der Waals surface area contributed by atoms with Crippen molar-refractivity contribution in [3.63, 3.8) is 0 Å². The van der Waals surface area contributed by atoms with E-state index in [1.54, 1.807) is 0 Å². The molecule has 6 rings (SSSR count). The topological polar surface area (TPSA) is 0 Å². The Morgan fingerprint density at radius 1 is 0.900 bits per heavy atom. The molecule has 0 N–H and O–H groups in total. The van der Waals surface area contributed by atoms with Crippen LogP contribution in [-0.4, -0.2) is 4.16 Å². The second-order valence-corrected chi connectivity index (χ2v) is 9.15. The molecule has 0 saturated heterocycles. The Morgan fingerprint density at radius 3 is 2.13 bits per heavy atom. The van der Waals surface area contributed by atoms with Gasteiger partial charge in [-0.2, -0.15) is 0 Å². The summed E-state index contributed by atoms with van der Waals surface area (Å²) >= 11 is 6.57. The van der Waals surface area contributed by atoms with Crippen molar-refractivity contribution in [2.75, 3.05) is 0 Å². The molecule has 6 heteroatoms. The van der Waals surface area contributed by atoms with Crippen LogP contribution >= 0.6 is 36.5 Å². The van der Waals surface area contributed by atoms with Gasteiger partial charge in [0.2, 0.25) is 0 Å². The molecule has 1 aliphatic heterocycles. The third-order valence-corrected chi connectivity index (χ3v) is 6.55. The molecule has 0 nitrogen and oxygen atoms in total. The van der Waals surface area contributed by atoms with Gasteiger partial charge in [0.25, 0.3) is 0 Å². The van der Waals surface area contributed by atoms with Crippen molar-refractivity contribution in [3.05, 3.63) is 101 Å². The van der Waals surface area contributed by atoms with Crippen LogP contribution in [0.15, 0.2) is 83.8 Å². The molecule has 150 valence electrons. The van der Waals surface area contributed by atoms with E-state index in [4.69, 9.17) is 0 Å². The Balaban J connectivity index is 0.000000186. The minimum Gasteiger partial charge on any atom is -0.126 e. The van der Waals surface area contributed by atoms with Gasteiger partial charge in [0.05, 0.1) is 4.16 Å². The zero-order chi connectivity index (χ0) is 19.5. The van der Waals surface area contributed by atoms with Crippen molar-refractivity contribution in [3.8, 4) is 0 Å². The first-order valence-corrected chi connectivity index (χ1v) is 14.0. The monoisotopic (exact) mass is 606 g/mol. The first-order valence-electron chi connectivity index (χ1n) is 8.79. The first-order chi connectivity index (χ1) is 13.8. The van der Waals surface area contributed by atoms with Gasteiger partial charge in [-0.25, -0.2) is 0 Å². The van der Waals surface area contributed by atoms with Crippen LogP contribution in [0.1, 0.15) is 11.1 Å². The number of rotatable bonds is 0.